The summed E-state index contributed by atoms with van der Waals surface area (Å²) in [6.45, 7) is 3.67. The third kappa shape index (κ3) is 3.75. The van der Waals surface area contributed by atoms with E-state index in [1.54, 1.807) is 13.2 Å². The van der Waals surface area contributed by atoms with E-state index in [4.69, 9.17) is 0 Å². The molecule has 0 spiro atoms. The molecule has 0 aromatic carbocycles. The van der Waals surface area contributed by atoms with Crippen molar-refractivity contribution < 1.29 is 0 Å². The maximum Gasteiger partial charge on any atom is 0.330 e. The fourth-order valence-electron chi connectivity index (χ4n) is 3.79. The van der Waals surface area contributed by atoms with Crippen molar-refractivity contribution in [3.63, 3.8) is 0 Å². The Balaban J connectivity index is 2.09. The van der Waals surface area contributed by atoms with Gasteiger partial charge in [-0.05, 0) is 32.9 Å². The summed E-state index contributed by atoms with van der Waals surface area (Å²) in [5.74, 6) is 0.735. The molecule has 2 unspecified atom stereocenters. The summed E-state index contributed by atoms with van der Waals surface area (Å²) in [5, 5.41) is 3.46. The summed E-state index contributed by atoms with van der Waals surface area (Å²) >= 11 is 0. The lowest BCUT2D eigenvalue weighted by Gasteiger charge is -2.45. The van der Waals surface area contributed by atoms with Crippen LogP contribution in [0.25, 0.3) is 0 Å². The minimum Gasteiger partial charge on any atom is -0.311 e. The zero-order valence-corrected chi connectivity index (χ0v) is 15.1. The number of hydrogen-bond acceptors (Lipinski definition) is 4. The monoisotopic (exact) mass is 322 g/mol. The standard InChI is InChI=1S/C17H30N4O2/c1-13-7-6-8-17(9-13,19(2)3)12-18-10-14-11-20(4)16(23)21(5)15(14)22/h11,13,18H,6-10,12H2,1-5H3. The molecule has 0 bridgehead atoms. The van der Waals surface area contributed by atoms with Gasteiger partial charge in [0.1, 0.15) is 0 Å². The third-order valence-electron chi connectivity index (χ3n) is 5.30. The quantitative estimate of drug-likeness (QED) is 0.866. The Morgan fingerprint density at radius 2 is 2.04 bits per heavy atom. The van der Waals surface area contributed by atoms with Gasteiger partial charge in [-0.3, -0.25) is 9.36 Å². The summed E-state index contributed by atoms with van der Waals surface area (Å²) in [4.78, 5) is 26.3. The molecule has 1 heterocycles. The Morgan fingerprint density at radius 3 is 2.65 bits per heavy atom. The first-order valence-electron chi connectivity index (χ1n) is 8.40. The minimum absolute atomic E-state index is 0.156. The van der Waals surface area contributed by atoms with Crippen LogP contribution in [0, 0.1) is 5.92 Å². The Kier molecular flexibility index (Phi) is 5.47. The Bertz CT molecular complexity index is 662. The molecule has 1 aromatic heterocycles. The summed E-state index contributed by atoms with van der Waals surface area (Å²) in [6.07, 6.45) is 6.56. The molecule has 0 radical (unpaired) electrons. The molecule has 0 saturated heterocycles. The first kappa shape index (κ1) is 17.9. The SMILES string of the molecule is CC1CCCC(CNCc2cn(C)c(=O)n(C)c2=O)(N(C)C)C1. The van der Waals surface area contributed by atoms with Gasteiger partial charge in [0.2, 0.25) is 0 Å². The van der Waals surface area contributed by atoms with Crippen LogP contribution in [0.1, 0.15) is 38.2 Å². The number of likely N-dealkylation sites (N-methyl/N-ethyl adjacent to an activating group) is 1. The highest BCUT2D eigenvalue weighted by molar-refractivity contribution is 5.06. The smallest absolute Gasteiger partial charge is 0.311 e. The molecule has 1 N–H and O–H groups in total. The normalized spacial score (nSPS) is 25.0. The van der Waals surface area contributed by atoms with E-state index in [1.165, 1.54) is 41.9 Å². The van der Waals surface area contributed by atoms with E-state index in [2.05, 4.69) is 31.2 Å². The largest absolute Gasteiger partial charge is 0.330 e. The van der Waals surface area contributed by atoms with Crippen LogP contribution in [0.3, 0.4) is 0 Å². The molecule has 2 rings (SSSR count). The van der Waals surface area contributed by atoms with Crippen molar-refractivity contribution in [3.8, 4) is 0 Å². The number of nitrogens with zero attached hydrogens (tertiary/aromatic N) is 3. The molecular formula is C17H30N4O2. The second-order valence-corrected chi connectivity index (χ2v) is 7.34. The van der Waals surface area contributed by atoms with E-state index in [0.717, 1.165) is 12.5 Å². The van der Waals surface area contributed by atoms with Gasteiger partial charge in [-0.1, -0.05) is 19.8 Å². The van der Waals surface area contributed by atoms with Gasteiger partial charge in [0.25, 0.3) is 5.56 Å². The second kappa shape index (κ2) is 7.01. The molecule has 0 aliphatic heterocycles. The average Bonchev–Trinajstić information content (AvgIpc) is 2.50. The number of aryl methyl sites for hydroxylation is 1. The highest BCUT2D eigenvalue weighted by Gasteiger charge is 2.36. The molecule has 6 heteroatoms. The van der Waals surface area contributed by atoms with Gasteiger partial charge in [-0.2, -0.15) is 0 Å². The molecule has 1 saturated carbocycles. The van der Waals surface area contributed by atoms with Crippen molar-refractivity contribution in [1.29, 1.82) is 0 Å². The molecular weight excluding hydrogens is 292 g/mol. The predicted molar refractivity (Wildman–Crippen MR) is 92.7 cm³/mol. The van der Waals surface area contributed by atoms with Gasteiger partial charge in [-0.15, -0.1) is 0 Å². The maximum absolute atomic E-state index is 12.2. The third-order valence-corrected chi connectivity index (χ3v) is 5.30. The van der Waals surface area contributed by atoms with Gasteiger partial charge in [0.15, 0.2) is 0 Å². The fraction of sp³-hybridized carbons (Fsp3) is 0.765. The summed E-state index contributed by atoms with van der Waals surface area (Å²) < 4.78 is 2.63. The van der Waals surface area contributed by atoms with Crippen molar-refractivity contribution in [2.75, 3.05) is 20.6 Å². The van der Waals surface area contributed by atoms with Crippen molar-refractivity contribution in [1.82, 2.24) is 19.4 Å². The van der Waals surface area contributed by atoms with Gasteiger partial charge in [-0.25, -0.2) is 4.79 Å². The average molecular weight is 322 g/mol. The van der Waals surface area contributed by atoms with Crippen LogP contribution in [-0.4, -0.2) is 40.2 Å². The van der Waals surface area contributed by atoms with E-state index in [0.29, 0.717) is 12.1 Å². The van der Waals surface area contributed by atoms with Crippen LogP contribution in [0.15, 0.2) is 15.8 Å². The first-order valence-corrected chi connectivity index (χ1v) is 8.40. The molecule has 23 heavy (non-hydrogen) atoms. The van der Waals surface area contributed by atoms with Crippen molar-refractivity contribution in [2.24, 2.45) is 20.0 Å². The first-order chi connectivity index (χ1) is 10.8. The van der Waals surface area contributed by atoms with Crippen molar-refractivity contribution in [3.05, 3.63) is 32.6 Å². The molecule has 1 aliphatic carbocycles. The van der Waals surface area contributed by atoms with E-state index in [1.807, 2.05) is 0 Å². The van der Waals surface area contributed by atoms with E-state index < -0.39 is 0 Å². The van der Waals surface area contributed by atoms with Crippen LogP contribution in [0.5, 0.6) is 0 Å². The summed E-state index contributed by atoms with van der Waals surface area (Å²) in [7, 11) is 7.49. The van der Waals surface area contributed by atoms with Crippen LogP contribution >= 0.6 is 0 Å². The zero-order chi connectivity index (χ0) is 17.2. The van der Waals surface area contributed by atoms with Gasteiger partial charge >= 0.3 is 5.69 Å². The lowest BCUT2D eigenvalue weighted by Crippen LogP contribution is -2.54. The highest BCUT2D eigenvalue weighted by Crippen LogP contribution is 2.35. The molecule has 130 valence electrons. The van der Waals surface area contributed by atoms with E-state index in [-0.39, 0.29) is 16.8 Å². The van der Waals surface area contributed by atoms with Gasteiger partial charge in [0, 0.05) is 44.5 Å². The summed E-state index contributed by atoms with van der Waals surface area (Å²) in [6, 6.07) is 0. The minimum atomic E-state index is -0.287. The fourth-order valence-corrected chi connectivity index (χ4v) is 3.79. The molecule has 0 amide bonds. The lowest BCUT2D eigenvalue weighted by molar-refractivity contribution is 0.0749. The number of rotatable bonds is 5. The molecule has 1 aromatic rings. The molecule has 6 nitrogen and oxygen atoms in total. The van der Waals surface area contributed by atoms with E-state index >= 15 is 0 Å². The van der Waals surface area contributed by atoms with Crippen LogP contribution < -0.4 is 16.6 Å². The summed E-state index contributed by atoms with van der Waals surface area (Å²) in [5.41, 5.74) is 0.289. The van der Waals surface area contributed by atoms with Gasteiger partial charge in [0.05, 0.1) is 0 Å². The zero-order valence-electron chi connectivity index (χ0n) is 15.1. The number of hydrogen-bond donors (Lipinski definition) is 1. The lowest BCUT2D eigenvalue weighted by atomic mass is 9.75. The maximum atomic E-state index is 12.2. The number of aromatic nitrogens is 2. The van der Waals surface area contributed by atoms with Crippen LogP contribution in [0.2, 0.25) is 0 Å². The Labute approximate surface area is 138 Å². The van der Waals surface area contributed by atoms with Crippen LogP contribution in [-0.2, 0) is 20.6 Å². The number of nitrogens with one attached hydrogen (secondary N) is 1. The van der Waals surface area contributed by atoms with Crippen molar-refractivity contribution in [2.45, 2.75) is 44.7 Å². The Hall–Kier alpha value is -1.40. The van der Waals surface area contributed by atoms with Gasteiger partial charge < -0.3 is 14.8 Å². The van der Waals surface area contributed by atoms with Crippen molar-refractivity contribution >= 4 is 0 Å². The molecule has 1 aliphatic rings. The second-order valence-electron chi connectivity index (χ2n) is 7.34. The highest BCUT2D eigenvalue weighted by atomic mass is 16.2. The van der Waals surface area contributed by atoms with Crippen LogP contribution in [0.4, 0.5) is 0 Å². The topological polar surface area (TPSA) is 59.3 Å². The molecule has 1 fully saturated rings. The Morgan fingerprint density at radius 1 is 1.35 bits per heavy atom. The predicted octanol–water partition coefficient (Wildman–Crippen LogP) is 0.684. The molecule has 2 atom stereocenters. The van der Waals surface area contributed by atoms with E-state index in [9.17, 15) is 9.59 Å².